The second-order valence-electron chi connectivity index (χ2n) is 6.18. The van der Waals surface area contributed by atoms with Crippen LogP contribution in [0.4, 0.5) is 4.39 Å². The third-order valence-corrected chi connectivity index (χ3v) is 4.02. The van der Waals surface area contributed by atoms with Crippen molar-refractivity contribution in [2.24, 2.45) is 0 Å². The molecule has 0 fully saturated rings. The SMILES string of the molecule is COC(=O)c1c(-c2ccc(F)cc2)nc(-c2ccccc2)nc1C(C)C. The predicted molar refractivity (Wildman–Crippen MR) is 98.3 cm³/mol. The number of methoxy groups -OCH3 is 1. The second kappa shape index (κ2) is 7.44. The first-order valence-corrected chi connectivity index (χ1v) is 8.33. The van der Waals surface area contributed by atoms with Gasteiger partial charge in [0.2, 0.25) is 0 Å². The highest BCUT2D eigenvalue weighted by Gasteiger charge is 2.24. The number of carbonyl (C=O) groups is 1. The van der Waals surface area contributed by atoms with Gasteiger partial charge in [-0.15, -0.1) is 0 Å². The van der Waals surface area contributed by atoms with Crippen LogP contribution in [0.15, 0.2) is 54.6 Å². The second-order valence-corrected chi connectivity index (χ2v) is 6.18. The maximum atomic E-state index is 13.4. The third kappa shape index (κ3) is 3.47. The molecule has 0 amide bonds. The van der Waals surface area contributed by atoms with E-state index in [2.05, 4.69) is 9.97 Å². The lowest BCUT2D eigenvalue weighted by atomic mass is 9.98. The van der Waals surface area contributed by atoms with Crippen molar-refractivity contribution in [1.82, 2.24) is 9.97 Å². The van der Waals surface area contributed by atoms with E-state index in [1.54, 1.807) is 12.1 Å². The molecule has 0 N–H and O–H groups in total. The molecule has 3 aromatic rings. The molecule has 0 bridgehead atoms. The highest BCUT2D eigenvalue weighted by molar-refractivity contribution is 5.97. The highest BCUT2D eigenvalue weighted by atomic mass is 19.1. The van der Waals surface area contributed by atoms with Gasteiger partial charge in [-0.3, -0.25) is 0 Å². The molecule has 1 aromatic heterocycles. The van der Waals surface area contributed by atoms with E-state index in [1.807, 2.05) is 44.2 Å². The van der Waals surface area contributed by atoms with Gasteiger partial charge in [0.05, 0.1) is 18.5 Å². The smallest absolute Gasteiger partial charge is 0.341 e. The monoisotopic (exact) mass is 350 g/mol. The van der Waals surface area contributed by atoms with Crippen molar-refractivity contribution in [2.75, 3.05) is 7.11 Å². The first kappa shape index (κ1) is 17.7. The minimum Gasteiger partial charge on any atom is -0.465 e. The van der Waals surface area contributed by atoms with Crippen LogP contribution in [0.2, 0.25) is 0 Å². The molecule has 5 heteroatoms. The number of ether oxygens (including phenoxy) is 1. The Morgan fingerprint density at radius 2 is 1.62 bits per heavy atom. The van der Waals surface area contributed by atoms with Crippen LogP contribution in [0.1, 0.15) is 35.8 Å². The van der Waals surface area contributed by atoms with Crippen molar-refractivity contribution in [1.29, 1.82) is 0 Å². The minimum atomic E-state index is -0.507. The maximum Gasteiger partial charge on any atom is 0.341 e. The average molecular weight is 350 g/mol. The van der Waals surface area contributed by atoms with Crippen molar-refractivity contribution < 1.29 is 13.9 Å². The summed E-state index contributed by atoms with van der Waals surface area (Å²) in [5.41, 5.74) is 2.83. The summed E-state index contributed by atoms with van der Waals surface area (Å²) < 4.78 is 18.3. The molecule has 0 radical (unpaired) electrons. The molecule has 2 aromatic carbocycles. The number of halogens is 1. The zero-order valence-corrected chi connectivity index (χ0v) is 14.9. The first-order valence-electron chi connectivity index (χ1n) is 8.33. The molecule has 26 heavy (non-hydrogen) atoms. The van der Waals surface area contributed by atoms with Gasteiger partial charge in [0.15, 0.2) is 5.82 Å². The van der Waals surface area contributed by atoms with Crippen LogP contribution in [0.25, 0.3) is 22.6 Å². The van der Waals surface area contributed by atoms with Gasteiger partial charge < -0.3 is 4.74 Å². The van der Waals surface area contributed by atoms with Crippen LogP contribution < -0.4 is 0 Å². The van der Waals surface area contributed by atoms with E-state index in [9.17, 15) is 9.18 Å². The molecule has 0 unspecified atom stereocenters. The Bertz CT molecular complexity index is 923. The molecule has 0 aliphatic heterocycles. The van der Waals surface area contributed by atoms with Crippen molar-refractivity contribution in [3.63, 3.8) is 0 Å². The average Bonchev–Trinajstić information content (AvgIpc) is 2.67. The van der Waals surface area contributed by atoms with Crippen molar-refractivity contribution >= 4 is 5.97 Å². The molecule has 0 aliphatic rings. The fourth-order valence-electron chi connectivity index (χ4n) is 2.73. The Labute approximate surface area is 151 Å². The fourth-order valence-corrected chi connectivity index (χ4v) is 2.73. The zero-order valence-electron chi connectivity index (χ0n) is 14.9. The van der Waals surface area contributed by atoms with Crippen molar-refractivity contribution in [3.05, 3.63) is 71.7 Å². The summed E-state index contributed by atoms with van der Waals surface area (Å²) in [6.07, 6.45) is 0. The standard InChI is InChI=1S/C21H19FN2O2/c1-13(2)18-17(21(25)26-3)19(14-9-11-16(22)12-10-14)24-20(23-18)15-7-5-4-6-8-15/h4-13H,1-3H3. The van der Waals surface area contributed by atoms with Crippen LogP contribution in [0, 0.1) is 5.82 Å². The van der Waals surface area contributed by atoms with Crippen LogP contribution in [0.5, 0.6) is 0 Å². The van der Waals surface area contributed by atoms with Gasteiger partial charge in [-0.1, -0.05) is 44.2 Å². The minimum absolute atomic E-state index is 0.0197. The van der Waals surface area contributed by atoms with E-state index in [1.165, 1.54) is 19.2 Å². The third-order valence-electron chi connectivity index (χ3n) is 4.02. The number of hydrogen-bond donors (Lipinski definition) is 0. The number of rotatable bonds is 4. The molecule has 0 aliphatic carbocycles. The Hall–Kier alpha value is -3.08. The summed E-state index contributed by atoms with van der Waals surface area (Å²) in [6, 6.07) is 15.4. The van der Waals surface area contributed by atoms with Gasteiger partial charge >= 0.3 is 5.97 Å². The Morgan fingerprint density at radius 1 is 0.962 bits per heavy atom. The van der Waals surface area contributed by atoms with Crippen LogP contribution in [0.3, 0.4) is 0 Å². The molecule has 0 saturated heterocycles. The van der Waals surface area contributed by atoms with E-state index in [4.69, 9.17) is 4.74 Å². The van der Waals surface area contributed by atoms with Crippen LogP contribution in [-0.2, 0) is 4.74 Å². The summed E-state index contributed by atoms with van der Waals surface area (Å²) in [5, 5.41) is 0. The molecule has 1 heterocycles. The molecule has 0 saturated carbocycles. The molecule has 0 spiro atoms. The normalized spacial score (nSPS) is 10.8. The molecular formula is C21H19FN2O2. The number of esters is 1. The molecular weight excluding hydrogens is 331 g/mol. The van der Waals surface area contributed by atoms with Gasteiger partial charge in [-0.25, -0.2) is 19.2 Å². The highest BCUT2D eigenvalue weighted by Crippen LogP contribution is 2.31. The Balaban J connectivity index is 2.32. The summed E-state index contributed by atoms with van der Waals surface area (Å²) >= 11 is 0. The van der Waals surface area contributed by atoms with Gasteiger partial charge in [0, 0.05) is 11.1 Å². The van der Waals surface area contributed by atoms with E-state index < -0.39 is 5.97 Å². The zero-order chi connectivity index (χ0) is 18.7. The van der Waals surface area contributed by atoms with E-state index >= 15 is 0 Å². The quantitative estimate of drug-likeness (QED) is 0.631. The number of hydrogen-bond acceptors (Lipinski definition) is 4. The first-order chi connectivity index (χ1) is 12.5. The molecule has 3 rings (SSSR count). The maximum absolute atomic E-state index is 13.4. The van der Waals surface area contributed by atoms with Gasteiger partial charge in [0.25, 0.3) is 0 Å². The largest absolute Gasteiger partial charge is 0.465 e. The van der Waals surface area contributed by atoms with Gasteiger partial charge in [-0.2, -0.15) is 0 Å². The van der Waals surface area contributed by atoms with E-state index in [0.717, 1.165) is 5.56 Å². The Kier molecular flexibility index (Phi) is 5.07. The fraction of sp³-hybridized carbons (Fsp3) is 0.190. The lowest BCUT2D eigenvalue weighted by Crippen LogP contribution is -2.14. The van der Waals surface area contributed by atoms with Gasteiger partial charge in [0.1, 0.15) is 11.4 Å². The topological polar surface area (TPSA) is 52.1 Å². The van der Waals surface area contributed by atoms with Crippen molar-refractivity contribution in [2.45, 2.75) is 19.8 Å². The Morgan fingerprint density at radius 3 is 2.19 bits per heavy atom. The van der Waals surface area contributed by atoms with Crippen LogP contribution in [-0.4, -0.2) is 23.0 Å². The summed E-state index contributed by atoms with van der Waals surface area (Å²) in [6.45, 7) is 3.91. The molecule has 132 valence electrons. The number of nitrogens with zero attached hydrogens (tertiary/aromatic N) is 2. The lowest BCUT2D eigenvalue weighted by molar-refractivity contribution is 0.0599. The summed E-state index contributed by atoms with van der Waals surface area (Å²) in [5.74, 6) is -0.363. The molecule has 4 nitrogen and oxygen atoms in total. The van der Waals surface area contributed by atoms with E-state index in [0.29, 0.717) is 28.3 Å². The summed E-state index contributed by atoms with van der Waals surface area (Å²) in [7, 11) is 1.33. The predicted octanol–water partition coefficient (Wildman–Crippen LogP) is 4.86. The molecule has 0 atom stereocenters. The van der Waals surface area contributed by atoms with Gasteiger partial charge in [-0.05, 0) is 30.2 Å². The lowest BCUT2D eigenvalue weighted by Gasteiger charge is -2.16. The van der Waals surface area contributed by atoms with Crippen LogP contribution >= 0.6 is 0 Å². The number of carbonyl (C=O) groups excluding carboxylic acids is 1. The van der Waals surface area contributed by atoms with E-state index in [-0.39, 0.29) is 11.7 Å². The number of aromatic nitrogens is 2. The number of benzene rings is 2. The summed E-state index contributed by atoms with van der Waals surface area (Å²) in [4.78, 5) is 21.7. The van der Waals surface area contributed by atoms with Crippen molar-refractivity contribution in [3.8, 4) is 22.6 Å².